The minimum Gasteiger partial charge on any atom is -0.358 e. The van der Waals surface area contributed by atoms with Gasteiger partial charge in [-0.1, -0.05) is 0 Å². The Morgan fingerprint density at radius 2 is 1.93 bits per heavy atom. The number of rotatable bonds is 3. The summed E-state index contributed by atoms with van der Waals surface area (Å²) in [7, 11) is 1.59. The molecule has 5 nitrogen and oxygen atoms in total. The number of hydrogen-bond donors (Lipinski definition) is 2. The van der Waals surface area contributed by atoms with Gasteiger partial charge in [0.2, 0.25) is 11.9 Å². The minimum absolute atomic E-state index is 0.0900. The van der Waals surface area contributed by atoms with E-state index < -0.39 is 0 Å². The average molecular weight is 194 g/mol. The first-order valence-electron chi connectivity index (χ1n) is 4.38. The molecule has 0 fully saturated rings. The smallest absolute Gasteiger partial charge is 0.239 e. The third-order valence-corrected chi connectivity index (χ3v) is 1.67. The van der Waals surface area contributed by atoms with Crippen molar-refractivity contribution in [2.45, 2.75) is 13.8 Å². The number of nitrogens with one attached hydrogen (secondary N) is 2. The van der Waals surface area contributed by atoms with Crippen molar-refractivity contribution < 1.29 is 4.79 Å². The number of hydrogen-bond acceptors (Lipinski definition) is 4. The first kappa shape index (κ1) is 10.4. The average Bonchev–Trinajstić information content (AvgIpc) is 2.12. The molecule has 0 atom stereocenters. The first-order valence-corrected chi connectivity index (χ1v) is 4.38. The van der Waals surface area contributed by atoms with Crippen LogP contribution in [-0.4, -0.2) is 29.5 Å². The molecule has 0 bridgehead atoms. The summed E-state index contributed by atoms with van der Waals surface area (Å²) in [6.45, 7) is 3.97. The Labute approximate surface area is 83.0 Å². The maximum absolute atomic E-state index is 10.9. The van der Waals surface area contributed by atoms with E-state index in [2.05, 4.69) is 20.6 Å². The Kier molecular flexibility index (Phi) is 3.39. The van der Waals surface area contributed by atoms with Gasteiger partial charge in [-0.05, 0) is 19.9 Å². The predicted molar refractivity (Wildman–Crippen MR) is 54.1 cm³/mol. The van der Waals surface area contributed by atoms with Crippen LogP contribution in [0, 0.1) is 13.8 Å². The Balaban J connectivity index is 2.63. The number of aromatic nitrogens is 2. The molecule has 1 aromatic rings. The van der Waals surface area contributed by atoms with Crippen molar-refractivity contribution in [1.82, 2.24) is 15.3 Å². The van der Waals surface area contributed by atoms with Gasteiger partial charge in [0.05, 0.1) is 6.54 Å². The zero-order chi connectivity index (χ0) is 10.6. The van der Waals surface area contributed by atoms with Gasteiger partial charge in [0.15, 0.2) is 0 Å². The Bertz CT molecular complexity index is 317. The van der Waals surface area contributed by atoms with Crippen LogP contribution < -0.4 is 10.6 Å². The molecule has 1 aromatic heterocycles. The fraction of sp³-hybridized carbons (Fsp3) is 0.444. The number of carbonyl (C=O) groups is 1. The molecule has 0 unspecified atom stereocenters. The van der Waals surface area contributed by atoms with Crippen molar-refractivity contribution in [1.29, 1.82) is 0 Å². The topological polar surface area (TPSA) is 66.9 Å². The maximum Gasteiger partial charge on any atom is 0.239 e. The second-order valence-corrected chi connectivity index (χ2v) is 3.00. The van der Waals surface area contributed by atoms with Gasteiger partial charge in [-0.15, -0.1) is 0 Å². The summed E-state index contributed by atoms with van der Waals surface area (Å²) < 4.78 is 0. The van der Waals surface area contributed by atoms with Gasteiger partial charge in [0.1, 0.15) is 0 Å². The van der Waals surface area contributed by atoms with E-state index in [9.17, 15) is 4.79 Å². The van der Waals surface area contributed by atoms with Crippen molar-refractivity contribution in [3.63, 3.8) is 0 Å². The quantitative estimate of drug-likeness (QED) is 0.724. The Morgan fingerprint density at radius 3 is 2.43 bits per heavy atom. The first-order chi connectivity index (χ1) is 6.61. The molecule has 2 N–H and O–H groups in total. The number of likely N-dealkylation sites (N-methyl/N-ethyl adjacent to an activating group) is 1. The molecule has 76 valence electrons. The number of amides is 1. The highest BCUT2D eigenvalue weighted by Gasteiger charge is 2.01. The van der Waals surface area contributed by atoms with Crippen molar-refractivity contribution >= 4 is 11.9 Å². The maximum atomic E-state index is 10.9. The Hall–Kier alpha value is -1.65. The van der Waals surface area contributed by atoms with Gasteiger partial charge in [0.25, 0.3) is 0 Å². The van der Waals surface area contributed by atoms with Crippen molar-refractivity contribution in [3.05, 3.63) is 17.5 Å². The summed E-state index contributed by atoms with van der Waals surface area (Å²) >= 11 is 0. The van der Waals surface area contributed by atoms with Gasteiger partial charge >= 0.3 is 0 Å². The molecular formula is C9H14N4O. The molecule has 0 aliphatic rings. The third kappa shape index (κ3) is 3.01. The van der Waals surface area contributed by atoms with Crippen molar-refractivity contribution in [2.75, 3.05) is 18.9 Å². The molecule has 1 amide bonds. The van der Waals surface area contributed by atoms with Crippen LogP contribution in [0.2, 0.25) is 0 Å². The summed E-state index contributed by atoms with van der Waals surface area (Å²) in [6, 6.07) is 1.88. The standard InChI is InChI=1S/C9H14N4O/c1-6-4-7(2)13-9(12-6)11-5-8(14)10-3/h4H,5H2,1-3H3,(H,10,14)(H,11,12,13). The minimum atomic E-state index is -0.0900. The van der Waals surface area contributed by atoms with Crippen LogP contribution in [0.25, 0.3) is 0 Å². The summed E-state index contributed by atoms with van der Waals surface area (Å²) in [5.74, 6) is 0.402. The van der Waals surface area contributed by atoms with Crippen LogP contribution in [0.3, 0.4) is 0 Å². The zero-order valence-electron chi connectivity index (χ0n) is 8.59. The van der Waals surface area contributed by atoms with E-state index in [1.165, 1.54) is 0 Å². The summed E-state index contributed by atoms with van der Waals surface area (Å²) in [6.07, 6.45) is 0. The molecule has 0 spiro atoms. The van der Waals surface area contributed by atoms with Crippen molar-refractivity contribution in [2.24, 2.45) is 0 Å². The van der Waals surface area contributed by atoms with Gasteiger partial charge in [-0.2, -0.15) is 0 Å². The highest BCUT2D eigenvalue weighted by Crippen LogP contribution is 2.02. The highest BCUT2D eigenvalue weighted by molar-refractivity contribution is 5.79. The lowest BCUT2D eigenvalue weighted by Crippen LogP contribution is -2.26. The summed E-state index contributed by atoms with van der Waals surface area (Å²) in [4.78, 5) is 19.2. The lowest BCUT2D eigenvalue weighted by atomic mass is 10.4. The van der Waals surface area contributed by atoms with E-state index in [1.807, 2.05) is 19.9 Å². The van der Waals surface area contributed by atoms with Crippen LogP contribution >= 0.6 is 0 Å². The fourth-order valence-corrected chi connectivity index (χ4v) is 1.05. The van der Waals surface area contributed by atoms with Crippen LogP contribution in [0.15, 0.2) is 6.07 Å². The molecule has 0 aliphatic carbocycles. The molecular weight excluding hydrogens is 180 g/mol. The van der Waals surface area contributed by atoms with E-state index in [-0.39, 0.29) is 12.5 Å². The highest BCUT2D eigenvalue weighted by atomic mass is 16.1. The lowest BCUT2D eigenvalue weighted by Gasteiger charge is -2.05. The van der Waals surface area contributed by atoms with Gasteiger partial charge in [-0.25, -0.2) is 9.97 Å². The van der Waals surface area contributed by atoms with Crippen LogP contribution in [0.5, 0.6) is 0 Å². The molecule has 1 rings (SSSR count). The predicted octanol–water partition coefficient (Wildman–Crippen LogP) is 0.251. The van der Waals surface area contributed by atoms with Crippen LogP contribution in [0.4, 0.5) is 5.95 Å². The largest absolute Gasteiger partial charge is 0.358 e. The van der Waals surface area contributed by atoms with E-state index in [4.69, 9.17) is 0 Å². The molecule has 5 heteroatoms. The molecule has 0 saturated carbocycles. The third-order valence-electron chi connectivity index (χ3n) is 1.67. The molecule has 1 heterocycles. The van der Waals surface area contributed by atoms with Gasteiger partial charge in [0, 0.05) is 18.4 Å². The van der Waals surface area contributed by atoms with E-state index >= 15 is 0 Å². The monoisotopic (exact) mass is 194 g/mol. The number of anilines is 1. The van der Waals surface area contributed by atoms with Crippen LogP contribution in [-0.2, 0) is 4.79 Å². The lowest BCUT2D eigenvalue weighted by molar-refractivity contribution is -0.118. The summed E-state index contributed by atoms with van der Waals surface area (Å²) in [5, 5.41) is 5.35. The molecule has 0 aromatic carbocycles. The second kappa shape index (κ2) is 4.55. The molecule has 0 saturated heterocycles. The number of nitrogens with zero attached hydrogens (tertiary/aromatic N) is 2. The van der Waals surface area contributed by atoms with Crippen LogP contribution in [0.1, 0.15) is 11.4 Å². The van der Waals surface area contributed by atoms with E-state index in [1.54, 1.807) is 7.05 Å². The normalized spacial score (nSPS) is 9.64. The van der Waals surface area contributed by atoms with E-state index in [0.29, 0.717) is 5.95 Å². The number of aryl methyl sites for hydroxylation is 2. The van der Waals surface area contributed by atoms with Gasteiger partial charge < -0.3 is 10.6 Å². The van der Waals surface area contributed by atoms with E-state index in [0.717, 1.165) is 11.4 Å². The number of carbonyl (C=O) groups excluding carboxylic acids is 1. The summed E-state index contributed by atoms with van der Waals surface area (Å²) in [5.41, 5.74) is 1.77. The van der Waals surface area contributed by atoms with Crippen molar-refractivity contribution in [3.8, 4) is 0 Å². The fourth-order valence-electron chi connectivity index (χ4n) is 1.05. The zero-order valence-corrected chi connectivity index (χ0v) is 8.59. The molecule has 0 radical (unpaired) electrons. The second-order valence-electron chi connectivity index (χ2n) is 3.00. The SMILES string of the molecule is CNC(=O)CNc1nc(C)cc(C)n1. The Morgan fingerprint density at radius 1 is 1.36 bits per heavy atom. The molecule has 0 aliphatic heterocycles. The molecule has 14 heavy (non-hydrogen) atoms. The van der Waals surface area contributed by atoms with Gasteiger partial charge in [-0.3, -0.25) is 4.79 Å².